The highest BCUT2D eigenvalue weighted by Gasteiger charge is 2.15. The van der Waals surface area contributed by atoms with E-state index in [1.807, 2.05) is 0 Å². The molecule has 0 saturated heterocycles. The molecule has 0 aliphatic carbocycles. The summed E-state index contributed by atoms with van der Waals surface area (Å²) in [4.78, 5) is 22.7. The van der Waals surface area contributed by atoms with E-state index in [4.69, 9.17) is 14.3 Å². The quantitative estimate of drug-likeness (QED) is 0.351. The fraction of sp³-hybridized carbons (Fsp3) is 0.263. The van der Waals surface area contributed by atoms with E-state index in [-0.39, 0.29) is 28.9 Å². The van der Waals surface area contributed by atoms with Crippen LogP contribution in [0.3, 0.4) is 0 Å². The van der Waals surface area contributed by atoms with Crippen molar-refractivity contribution >= 4 is 27.7 Å². The van der Waals surface area contributed by atoms with Gasteiger partial charge in [-0.1, -0.05) is 0 Å². The molecule has 0 aliphatic heterocycles. The number of phenolic OH excluding ortho intramolecular Hbond substituents is 2. The van der Waals surface area contributed by atoms with E-state index in [9.17, 15) is 19.8 Å². The number of aliphatic carboxylic acids is 1. The Morgan fingerprint density at radius 1 is 1.12 bits per heavy atom. The number of phenols is 2. The topological polar surface area (TPSA) is 117 Å². The summed E-state index contributed by atoms with van der Waals surface area (Å²) in [7, 11) is 0. The zero-order chi connectivity index (χ0) is 18.8. The van der Waals surface area contributed by atoms with E-state index < -0.39 is 11.6 Å². The summed E-state index contributed by atoms with van der Waals surface area (Å²) in [6, 6.07) is 5.84. The molecule has 7 nitrogen and oxygen atoms in total. The molecular formula is C19H18O7. The van der Waals surface area contributed by atoms with Crippen LogP contribution in [-0.2, 0) is 4.79 Å². The molecule has 0 saturated carbocycles. The van der Waals surface area contributed by atoms with Gasteiger partial charge in [0.25, 0.3) is 0 Å². The van der Waals surface area contributed by atoms with Crippen LogP contribution in [0.2, 0.25) is 0 Å². The van der Waals surface area contributed by atoms with Gasteiger partial charge in [0.2, 0.25) is 0 Å². The third-order valence-corrected chi connectivity index (χ3v) is 4.10. The van der Waals surface area contributed by atoms with Crippen molar-refractivity contribution in [2.24, 2.45) is 0 Å². The van der Waals surface area contributed by atoms with E-state index >= 15 is 0 Å². The number of aryl methyl sites for hydroxylation is 1. The minimum Gasteiger partial charge on any atom is -0.508 e. The first kappa shape index (κ1) is 17.6. The molecule has 2 aromatic carbocycles. The number of hydrogen-bond acceptors (Lipinski definition) is 6. The van der Waals surface area contributed by atoms with Gasteiger partial charge in [0.1, 0.15) is 28.2 Å². The molecule has 0 fully saturated rings. The van der Waals surface area contributed by atoms with Gasteiger partial charge in [-0.3, -0.25) is 4.79 Å². The summed E-state index contributed by atoms with van der Waals surface area (Å²) in [6.07, 6.45) is 1.20. The van der Waals surface area contributed by atoms with Crippen LogP contribution >= 0.6 is 0 Å². The maximum absolute atomic E-state index is 12.2. The van der Waals surface area contributed by atoms with E-state index in [0.717, 1.165) is 11.6 Å². The highest BCUT2D eigenvalue weighted by atomic mass is 16.5. The zero-order valence-corrected chi connectivity index (χ0v) is 14.1. The largest absolute Gasteiger partial charge is 0.508 e. The van der Waals surface area contributed by atoms with Crippen LogP contribution < -0.4 is 10.4 Å². The number of hydrogen-bond donors (Lipinski definition) is 3. The lowest BCUT2D eigenvalue weighted by Gasteiger charge is -2.11. The molecule has 0 spiro atoms. The Hall–Kier alpha value is -3.22. The Kier molecular flexibility index (Phi) is 4.71. The van der Waals surface area contributed by atoms with Gasteiger partial charge in [-0.05, 0) is 37.5 Å². The molecule has 3 aromatic rings. The molecule has 1 aromatic heterocycles. The lowest BCUT2D eigenvalue weighted by atomic mass is 10.0. The Morgan fingerprint density at radius 3 is 2.62 bits per heavy atom. The van der Waals surface area contributed by atoms with E-state index in [1.54, 1.807) is 19.1 Å². The minimum atomic E-state index is -0.841. The molecule has 0 aliphatic rings. The van der Waals surface area contributed by atoms with Crippen LogP contribution in [0.15, 0.2) is 33.5 Å². The number of carboxylic acid groups (broad SMARTS) is 1. The van der Waals surface area contributed by atoms with E-state index in [2.05, 4.69) is 0 Å². The predicted octanol–water partition coefficient (Wildman–Crippen LogP) is 3.30. The number of aromatic hydroxyl groups is 2. The molecular weight excluding hydrogens is 340 g/mol. The van der Waals surface area contributed by atoms with Crippen molar-refractivity contribution in [3.8, 4) is 17.2 Å². The lowest BCUT2D eigenvalue weighted by Crippen LogP contribution is -2.03. The second kappa shape index (κ2) is 6.95. The smallest absolute Gasteiger partial charge is 0.347 e. The summed E-state index contributed by atoms with van der Waals surface area (Å²) in [5.41, 5.74) is 0.331. The minimum absolute atomic E-state index is 0.0146. The van der Waals surface area contributed by atoms with Crippen LogP contribution in [0, 0.1) is 6.92 Å². The molecule has 1 heterocycles. The summed E-state index contributed by atoms with van der Waals surface area (Å²) in [5, 5.41) is 29.3. The molecule has 0 unspecified atom stereocenters. The van der Waals surface area contributed by atoms with Gasteiger partial charge >= 0.3 is 11.6 Å². The van der Waals surface area contributed by atoms with Crippen LogP contribution in [0.1, 0.15) is 24.8 Å². The number of ether oxygens (including phenoxy) is 1. The third kappa shape index (κ3) is 3.42. The van der Waals surface area contributed by atoms with Gasteiger partial charge in [-0.25, -0.2) is 4.79 Å². The lowest BCUT2D eigenvalue weighted by molar-refractivity contribution is -0.137. The zero-order valence-electron chi connectivity index (χ0n) is 14.1. The summed E-state index contributed by atoms with van der Waals surface area (Å²) >= 11 is 0. The predicted molar refractivity (Wildman–Crippen MR) is 95.0 cm³/mol. The van der Waals surface area contributed by atoms with Crippen molar-refractivity contribution in [3.63, 3.8) is 0 Å². The monoisotopic (exact) mass is 358 g/mol. The Balaban J connectivity index is 1.98. The molecule has 26 heavy (non-hydrogen) atoms. The Labute approximate surface area is 148 Å². The second-order valence-corrected chi connectivity index (χ2v) is 6.09. The molecule has 136 valence electrons. The van der Waals surface area contributed by atoms with Crippen LogP contribution in [0.4, 0.5) is 0 Å². The average Bonchev–Trinajstić information content (AvgIpc) is 2.52. The van der Waals surface area contributed by atoms with Gasteiger partial charge < -0.3 is 24.5 Å². The van der Waals surface area contributed by atoms with Gasteiger partial charge in [-0.2, -0.15) is 0 Å². The first-order chi connectivity index (χ1) is 12.4. The van der Waals surface area contributed by atoms with Crippen molar-refractivity contribution in [2.45, 2.75) is 26.2 Å². The fourth-order valence-corrected chi connectivity index (χ4v) is 2.97. The molecule has 7 heteroatoms. The number of rotatable bonds is 6. The second-order valence-electron chi connectivity index (χ2n) is 6.09. The summed E-state index contributed by atoms with van der Waals surface area (Å²) in [6.45, 7) is 2.15. The van der Waals surface area contributed by atoms with Crippen molar-refractivity contribution in [2.75, 3.05) is 6.61 Å². The maximum atomic E-state index is 12.2. The average molecular weight is 358 g/mol. The SMILES string of the molecule is Cc1cc(OCCCCC(=O)O)cc2oc(=O)c3c(O)cc(O)cc3c12. The number of benzene rings is 2. The molecule has 3 rings (SSSR count). The Bertz CT molecular complexity index is 1050. The standard InChI is InChI=1S/C19H18O7/c1-10-6-12(25-5-3-2-4-16(22)23)9-15-17(10)13-7-11(20)8-14(21)18(13)19(24)26-15/h6-9,20-21H,2-5H2,1H3,(H,22,23). The molecule has 0 amide bonds. The third-order valence-electron chi connectivity index (χ3n) is 4.10. The van der Waals surface area contributed by atoms with E-state index in [0.29, 0.717) is 36.0 Å². The molecule has 3 N–H and O–H groups in total. The maximum Gasteiger partial charge on any atom is 0.347 e. The first-order valence-corrected chi connectivity index (χ1v) is 8.14. The van der Waals surface area contributed by atoms with Crippen LogP contribution in [0.5, 0.6) is 17.2 Å². The van der Waals surface area contributed by atoms with Crippen molar-refractivity contribution in [3.05, 3.63) is 40.2 Å². The van der Waals surface area contributed by atoms with Gasteiger partial charge in [0.15, 0.2) is 0 Å². The normalized spacial score (nSPS) is 11.1. The van der Waals surface area contributed by atoms with Gasteiger partial charge in [0, 0.05) is 29.3 Å². The molecule has 0 atom stereocenters. The molecule has 0 bridgehead atoms. The molecule has 0 radical (unpaired) electrons. The highest BCUT2D eigenvalue weighted by molar-refractivity contribution is 6.08. The van der Waals surface area contributed by atoms with Gasteiger partial charge in [0.05, 0.1) is 6.61 Å². The van der Waals surface area contributed by atoms with Crippen molar-refractivity contribution in [1.82, 2.24) is 0 Å². The highest BCUT2D eigenvalue weighted by Crippen LogP contribution is 2.35. The first-order valence-electron chi connectivity index (χ1n) is 8.14. The number of carbonyl (C=O) groups is 1. The number of unbranched alkanes of at least 4 members (excludes halogenated alkanes) is 1. The number of carboxylic acids is 1. The van der Waals surface area contributed by atoms with Crippen molar-refractivity contribution < 1.29 is 29.3 Å². The van der Waals surface area contributed by atoms with E-state index in [1.165, 1.54) is 6.07 Å². The summed E-state index contributed by atoms with van der Waals surface area (Å²) < 4.78 is 10.9. The summed E-state index contributed by atoms with van der Waals surface area (Å²) in [5.74, 6) is -0.835. The number of fused-ring (bicyclic) bond motifs is 3. The van der Waals surface area contributed by atoms with Crippen LogP contribution in [-0.4, -0.2) is 27.9 Å². The fourth-order valence-electron chi connectivity index (χ4n) is 2.97. The van der Waals surface area contributed by atoms with Crippen LogP contribution in [0.25, 0.3) is 21.7 Å². The van der Waals surface area contributed by atoms with Crippen molar-refractivity contribution in [1.29, 1.82) is 0 Å². The Morgan fingerprint density at radius 2 is 1.88 bits per heavy atom. The van der Waals surface area contributed by atoms with Gasteiger partial charge in [-0.15, -0.1) is 0 Å².